The molecule has 1 N–H and O–H groups in total. The van der Waals surface area contributed by atoms with Crippen LogP contribution in [0, 0.1) is 5.82 Å². The van der Waals surface area contributed by atoms with Crippen molar-refractivity contribution in [1.82, 2.24) is 10.2 Å². The molecule has 0 bridgehead atoms. The van der Waals surface area contributed by atoms with Gasteiger partial charge in [-0.25, -0.2) is 4.39 Å². The first-order valence-corrected chi connectivity index (χ1v) is 9.28. The molecule has 1 heterocycles. The van der Waals surface area contributed by atoms with Gasteiger partial charge in [0.2, 0.25) is 5.91 Å². The van der Waals surface area contributed by atoms with E-state index >= 15 is 0 Å². The molecule has 0 spiro atoms. The van der Waals surface area contributed by atoms with Gasteiger partial charge in [0.1, 0.15) is 5.82 Å². The van der Waals surface area contributed by atoms with E-state index in [4.69, 9.17) is 4.74 Å². The van der Waals surface area contributed by atoms with Crippen LogP contribution in [0.25, 0.3) is 0 Å². The van der Waals surface area contributed by atoms with Gasteiger partial charge in [0.05, 0.1) is 19.3 Å². The summed E-state index contributed by atoms with van der Waals surface area (Å²) in [4.78, 5) is 14.2. The molecular weight excluding hydrogens is 315 g/mol. The van der Waals surface area contributed by atoms with E-state index in [0.717, 1.165) is 30.2 Å². The van der Waals surface area contributed by atoms with Gasteiger partial charge in [-0.05, 0) is 23.4 Å². The fourth-order valence-electron chi connectivity index (χ4n) is 2.67. The topological polar surface area (TPSA) is 41.6 Å². The lowest BCUT2D eigenvalue weighted by molar-refractivity contribution is -0.121. The van der Waals surface area contributed by atoms with Gasteiger partial charge in [0.25, 0.3) is 0 Å². The van der Waals surface area contributed by atoms with Gasteiger partial charge in [0, 0.05) is 31.8 Å². The highest BCUT2D eigenvalue weighted by Gasteiger charge is 2.23. The molecule has 0 unspecified atom stereocenters. The Morgan fingerprint density at radius 3 is 2.91 bits per heavy atom. The second-order valence-electron chi connectivity index (χ2n) is 5.47. The number of nitrogens with one attached hydrogen (secondary N) is 1. The van der Waals surface area contributed by atoms with E-state index in [1.165, 1.54) is 6.07 Å². The molecule has 0 aromatic heterocycles. The van der Waals surface area contributed by atoms with Crippen molar-refractivity contribution in [2.75, 3.05) is 44.4 Å². The van der Waals surface area contributed by atoms with Gasteiger partial charge in [0.15, 0.2) is 0 Å². The average Bonchev–Trinajstić information content (AvgIpc) is 2.56. The predicted octanol–water partition coefficient (Wildman–Crippen LogP) is 2.46. The second kappa shape index (κ2) is 9.90. The van der Waals surface area contributed by atoms with E-state index in [-0.39, 0.29) is 17.8 Å². The van der Waals surface area contributed by atoms with E-state index < -0.39 is 0 Å². The quantitative estimate of drug-likeness (QED) is 0.738. The smallest absolute Gasteiger partial charge is 0.220 e. The number of halogens is 1. The summed E-state index contributed by atoms with van der Waals surface area (Å²) in [5.74, 6) is 1.67. The van der Waals surface area contributed by atoms with Crippen molar-refractivity contribution < 1.29 is 13.9 Å². The van der Waals surface area contributed by atoms with Crippen molar-refractivity contribution in [3.05, 3.63) is 35.6 Å². The van der Waals surface area contributed by atoms with Crippen LogP contribution >= 0.6 is 11.8 Å². The molecule has 6 heteroatoms. The molecule has 2 rings (SSSR count). The Hall–Kier alpha value is -1.11. The summed E-state index contributed by atoms with van der Waals surface area (Å²) in [5.41, 5.74) is 0.898. The normalized spacial score (nSPS) is 17.0. The molecule has 0 saturated carbocycles. The van der Waals surface area contributed by atoms with Crippen LogP contribution in [0.2, 0.25) is 0 Å². The van der Waals surface area contributed by atoms with E-state index in [2.05, 4.69) is 17.1 Å². The fraction of sp³-hybridized carbons (Fsp3) is 0.588. The van der Waals surface area contributed by atoms with Crippen LogP contribution in [0.5, 0.6) is 0 Å². The standard InChI is InChI=1S/C17H25FN2O2S/c1-2-23-11-6-17(21)19-13-16(20-7-9-22-10-8-20)14-4-3-5-15(18)12-14/h3-5,12,16H,2,6-11,13H2,1H3,(H,19,21)/t16-/m1/s1. The van der Waals surface area contributed by atoms with Crippen LogP contribution in [0.3, 0.4) is 0 Å². The fourth-order valence-corrected chi connectivity index (χ4v) is 3.29. The Balaban J connectivity index is 1.97. The average molecular weight is 340 g/mol. The van der Waals surface area contributed by atoms with Crippen molar-refractivity contribution in [1.29, 1.82) is 0 Å². The molecule has 128 valence electrons. The number of rotatable bonds is 8. The lowest BCUT2D eigenvalue weighted by atomic mass is 10.0. The largest absolute Gasteiger partial charge is 0.379 e. The first-order valence-electron chi connectivity index (χ1n) is 8.12. The maximum absolute atomic E-state index is 13.6. The molecule has 1 aliphatic rings. The summed E-state index contributed by atoms with van der Waals surface area (Å²) in [6.45, 7) is 5.52. The Kier molecular flexibility index (Phi) is 7.85. The van der Waals surface area contributed by atoms with Crippen molar-refractivity contribution in [3.63, 3.8) is 0 Å². The first-order chi connectivity index (χ1) is 11.2. The number of amides is 1. The number of hydrogen-bond donors (Lipinski definition) is 1. The zero-order chi connectivity index (χ0) is 16.5. The van der Waals surface area contributed by atoms with Crippen molar-refractivity contribution >= 4 is 17.7 Å². The van der Waals surface area contributed by atoms with Crippen LogP contribution < -0.4 is 5.32 Å². The zero-order valence-corrected chi connectivity index (χ0v) is 14.4. The molecule has 0 aliphatic carbocycles. The maximum Gasteiger partial charge on any atom is 0.220 e. The molecule has 1 aromatic carbocycles. The summed E-state index contributed by atoms with van der Waals surface area (Å²) in [7, 11) is 0. The molecule has 1 saturated heterocycles. The van der Waals surface area contributed by atoms with Gasteiger partial charge in [-0.15, -0.1) is 0 Å². The summed E-state index contributed by atoms with van der Waals surface area (Å²) in [5, 5.41) is 3.00. The number of ether oxygens (including phenoxy) is 1. The second-order valence-corrected chi connectivity index (χ2v) is 6.86. The first kappa shape index (κ1) is 18.2. The van der Waals surface area contributed by atoms with Crippen LogP contribution in [-0.2, 0) is 9.53 Å². The molecular formula is C17H25FN2O2S. The Labute approximate surface area is 141 Å². The zero-order valence-electron chi connectivity index (χ0n) is 13.6. The molecule has 1 atom stereocenters. The summed E-state index contributed by atoms with van der Waals surface area (Å²) in [6.07, 6.45) is 0.525. The predicted molar refractivity (Wildman–Crippen MR) is 92.2 cm³/mol. The Morgan fingerprint density at radius 1 is 1.43 bits per heavy atom. The monoisotopic (exact) mass is 340 g/mol. The third-order valence-corrected chi connectivity index (χ3v) is 4.79. The molecule has 4 nitrogen and oxygen atoms in total. The van der Waals surface area contributed by atoms with Gasteiger partial charge in [-0.2, -0.15) is 11.8 Å². The highest BCUT2D eigenvalue weighted by atomic mass is 32.2. The van der Waals surface area contributed by atoms with E-state index in [1.807, 2.05) is 6.07 Å². The van der Waals surface area contributed by atoms with Crippen LogP contribution in [0.1, 0.15) is 24.9 Å². The minimum atomic E-state index is -0.244. The van der Waals surface area contributed by atoms with Crippen LogP contribution in [-0.4, -0.2) is 55.2 Å². The van der Waals surface area contributed by atoms with Gasteiger partial charge < -0.3 is 10.1 Å². The number of hydrogen-bond acceptors (Lipinski definition) is 4. The molecule has 1 fully saturated rings. The van der Waals surface area contributed by atoms with E-state index in [0.29, 0.717) is 26.2 Å². The minimum Gasteiger partial charge on any atom is -0.379 e. The molecule has 1 amide bonds. The molecule has 1 aromatic rings. The Bertz CT molecular complexity index is 495. The number of carbonyl (C=O) groups is 1. The summed E-state index contributed by atoms with van der Waals surface area (Å²) in [6, 6.07) is 6.62. The minimum absolute atomic E-state index is 0.0163. The molecule has 0 radical (unpaired) electrons. The number of nitrogens with zero attached hydrogens (tertiary/aromatic N) is 1. The van der Waals surface area contributed by atoms with Crippen molar-refractivity contribution in [2.24, 2.45) is 0 Å². The molecule has 1 aliphatic heterocycles. The highest BCUT2D eigenvalue weighted by molar-refractivity contribution is 7.99. The number of carbonyl (C=O) groups excluding carboxylic acids is 1. The Morgan fingerprint density at radius 2 is 2.22 bits per heavy atom. The molecule has 23 heavy (non-hydrogen) atoms. The lowest BCUT2D eigenvalue weighted by Crippen LogP contribution is -2.43. The summed E-state index contributed by atoms with van der Waals surface area (Å²) < 4.78 is 19.0. The van der Waals surface area contributed by atoms with E-state index in [9.17, 15) is 9.18 Å². The number of morpholine rings is 1. The lowest BCUT2D eigenvalue weighted by Gasteiger charge is -2.35. The van der Waals surface area contributed by atoms with Gasteiger partial charge in [-0.1, -0.05) is 19.1 Å². The highest BCUT2D eigenvalue weighted by Crippen LogP contribution is 2.22. The maximum atomic E-state index is 13.6. The van der Waals surface area contributed by atoms with E-state index in [1.54, 1.807) is 23.9 Å². The number of benzene rings is 1. The summed E-state index contributed by atoms with van der Waals surface area (Å²) >= 11 is 1.76. The van der Waals surface area contributed by atoms with Crippen molar-refractivity contribution in [3.8, 4) is 0 Å². The van der Waals surface area contributed by atoms with Gasteiger partial charge >= 0.3 is 0 Å². The van der Waals surface area contributed by atoms with Crippen LogP contribution in [0.4, 0.5) is 4.39 Å². The SMILES string of the molecule is CCSCCC(=O)NC[C@H](c1cccc(F)c1)N1CCOCC1. The third kappa shape index (κ3) is 6.12. The number of thioether (sulfide) groups is 1. The van der Waals surface area contributed by atoms with Crippen LogP contribution in [0.15, 0.2) is 24.3 Å². The van der Waals surface area contributed by atoms with Gasteiger partial charge in [-0.3, -0.25) is 9.69 Å². The third-order valence-electron chi connectivity index (χ3n) is 3.89. The van der Waals surface area contributed by atoms with Crippen molar-refractivity contribution in [2.45, 2.75) is 19.4 Å².